The number of amides is 2. The maximum atomic E-state index is 12.7. The molecule has 1 aromatic rings. The van der Waals surface area contributed by atoms with Gasteiger partial charge in [0, 0.05) is 13.6 Å². The lowest BCUT2D eigenvalue weighted by molar-refractivity contribution is -0.139. The first-order chi connectivity index (χ1) is 11.1. The molecule has 0 spiro atoms. The standard InChI is InChI=1S/C15H19F3N2O3S/c1-20(14(23)19-12(13(21)22)6-7-24-2)9-10-4-3-5-11(8-10)15(16,17)18/h3-5,8,12H,6-7,9H2,1-2H3,(H,19,23)(H,21,22). The van der Waals surface area contributed by atoms with Crippen LogP contribution in [0.15, 0.2) is 24.3 Å². The van der Waals surface area contributed by atoms with Crippen molar-refractivity contribution in [3.8, 4) is 0 Å². The number of hydrogen-bond donors (Lipinski definition) is 2. The number of alkyl halides is 3. The van der Waals surface area contributed by atoms with Gasteiger partial charge in [-0.1, -0.05) is 12.1 Å². The summed E-state index contributed by atoms with van der Waals surface area (Å²) in [5, 5.41) is 11.4. The fraction of sp³-hybridized carbons (Fsp3) is 0.467. The molecule has 0 saturated carbocycles. The van der Waals surface area contributed by atoms with Crippen LogP contribution in [0.4, 0.5) is 18.0 Å². The molecule has 0 bridgehead atoms. The van der Waals surface area contributed by atoms with Crippen LogP contribution in [-0.4, -0.2) is 47.1 Å². The Bertz CT molecular complexity index is 581. The van der Waals surface area contributed by atoms with Gasteiger partial charge in [0.1, 0.15) is 6.04 Å². The van der Waals surface area contributed by atoms with Crippen molar-refractivity contribution in [1.29, 1.82) is 0 Å². The van der Waals surface area contributed by atoms with Gasteiger partial charge in [-0.3, -0.25) is 0 Å². The fourth-order valence-corrected chi connectivity index (χ4v) is 2.42. The Morgan fingerprint density at radius 1 is 1.38 bits per heavy atom. The fourth-order valence-electron chi connectivity index (χ4n) is 1.94. The molecular formula is C15H19F3N2O3S. The number of carbonyl (C=O) groups excluding carboxylic acids is 1. The quantitative estimate of drug-likeness (QED) is 0.780. The van der Waals surface area contributed by atoms with Gasteiger partial charge in [-0.2, -0.15) is 24.9 Å². The van der Waals surface area contributed by atoms with Crippen molar-refractivity contribution in [2.45, 2.75) is 25.2 Å². The van der Waals surface area contributed by atoms with Crippen LogP contribution in [0, 0.1) is 0 Å². The molecule has 1 rings (SSSR count). The smallest absolute Gasteiger partial charge is 0.416 e. The van der Waals surface area contributed by atoms with E-state index in [4.69, 9.17) is 5.11 Å². The first-order valence-corrected chi connectivity index (χ1v) is 8.44. The number of benzene rings is 1. The van der Waals surface area contributed by atoms with Crippen LogP contribution in [0.25, 0.3) is 0 Å². The highest BCUT2D eigenvalue weighted by atomic mass is 32.2. The number of carboxylic acids is 1. The third kappa shape index (κ3) is 6.31. The number of rotatable bonds is 7. The van der Waals surface area contributed by atoms with Gasteiger partial charge >= 0.3 is 18.2 Å². The lowest BCUT2D eigenvalue weighted by Crippen LogP contribution is -2.46. The zero-order valence-corrected chi connectivity index (χ0v) is 14.1. The van der Waals surface area contributed by atoms with E-state index in [9.17, 15) is 22.8 Å². The molecule has 24 heavy (non-hydrogen) atoms. The third-order valence-electron chi connectivity index (χ3n) is 3.23. The van der Waals surface area contributed by atoms with Gasteiger partial charge in [0.2, 0.25) is 0 Å². The van der Waals surface area contributed by atoms with E-state index in [0.717, 1.165) is 17.0 Å². The molecule has 0 aliphatic heterocycles. The summed E-state index contributed by atoms with van der Waals surface area (Å²) in [4.78, 5) is 24.3. The van der Waals surface area contributed by atoms with Gasteiger partial charge < -0.3 is 15.3 Å². The topological polar surface area (TPSA) is 69.6 Å². The maximum absolute atomic E-state index is 12.7. The number of urea groups is 1. The molecule has 5 nitrogen and oxygen atoms in total. The van der Waals surface area contributed by atoms with Gasteiger partial charge in [0.15, 0.2) is 0 Å². The minimum atomic E-state index is -4.46. The van der Waals surface area contributed by atoms with Crippen LogP contribution in [0.1, 0.15) is 17.5 Å². The van der Waals surface area contributed by atoms with E-state index in [1.54, 1.807) is 0 Å². The predicted molar refractivity (Wildman–Crippen MR) is 85.9 cm³/mol. The summed E-state index contributed by atoms with van der Waals surface area (Å²) >= 11 is 1.45. The average molecular weight is 364 g/mol. The van der Waals surface area contributed by atoms with Crippen molar-refractivity contribution in [2.24, 2.45) is 0 Å². The van der Waals surface area contributed by atoms with Crippen molar-refractivity contribution in [1.82, 2.24) is 10.2 Å². The molecule has 9 heteroatoms. The van der Waals surface area contributed by atoms with Crippen molar-refractivity contribution >= 4 is 23.8 Å². The van der Waals surface area contributed by atoms with Crippen molar-refractivity contribution < 1.29 is 27.9 Å². The van der Waals surface area contributed by atoms with Gasteiger partial charge in [-0.05, 0) is 36.1 Å². The van der Waals surface area contributed by atoms with E-state index < -0.39 is 29.8 Å². The molecule has 134 valence electrons. The molecule has 2 N–H and O–H groups in total. The summed E-state index contributed by atoms with van der Waals surface area (Å²) in [5.41, 5.74) is -0.490. The Hall–Kier alpha value is -1.90. The lowest BCUT2D eigenvalue weighted by atomic mass is 10.1. The first kappa shape index (κ1) is 20.1. The lowest BCUT2D eigenvalue weighted by Gasteiger charge is -2.21. The number of carbonyl (C=O) groups is 2. The summed E-state index contributed by atoms with van der Waals surface area (Å²) in [6, 6.07) is 2.97. The zero-order valence-electron chi connectivity index (χ0n) is 13.3. The summed E-state index contributed by atoms with van der Waals surface area (Å²) in [7, 11) is 1.39. The average Bonchev–Trinajstić information content (AvgIpc) is 2.50. The second kappa shape index (κ2) is 8.81. The summed E-state index contributed by atoms with van der Waals surface area (Å²) < 4.78 is 38.0. The van der Waals surface area contributed by atoms with Crippen LogP contribution in [0.5, 0.6) is 0 Å². The van der Waals surface area contributed by atoms with Gasteiger partial charge in [0.05, 0.1) is 5.56 Å². The second-order valence-electron chi connectivity index (χ2n) is 5.18. The number of thioether (sulfide) groups is 1. The molecule has 0 radical (unpaired) electrons. The normalized spacial score (nSPS) is 12.5. The zero-order chi connectivity index (χ0) is 18.3. The third-order valence-corrected chi connectivity index (χ3v) is 3.87. The van der Waals surface area contributed by atoms with Crippen LogP contribution >= 0.6 is 11.8 Å². The number of halogens is 3. The Kier molecular flexibility index (Phi) is 7.40. The van der Waals surface area contributed by atoms with Crippen LogP contribution in [0.3, 0.4) is 0 Å². The molecule has 0 fully saturated rings. The van der Waals surface area contributed by atoms with Crippen molar-refractivity contribution in [3.05, 3.63) is 35.4 Å². The molecule has 0 aliphatic carbocycles. The highest BCUT2D eigenvalue weighted by Gasteiger charge is 2.30. The van der Waals surface area contributed by atoms with E-state index in [2.05, 4.69) is 5.32 Å². The summed E-state index contributed by atoms with van der Waals surface area (Å²) in [6.45, 7) is -0.0649. The minimum absolute atomic E-state index is 0.0649. The predicted octanol–water partition coefficient (Wildman–Crippen LogP) is 3.05. The Morgan fingerprint density at radius 3 is 2.58 bits per heavy atom. The molecule has 0 saturated heterocycles. The number of nitrogens with one attached hydrogen (secondary N) is 1. The largest absolute Gasteiger partial charge is 0.480 e. The van der Waals surface area contributed by atoms with E-state index in [1.807, 2.05) is 6.26 Å². The van der Waals surface area contributed by atoms with Crippen LogP contribution in [0.2, 0.25) is 0 Å². The summed E-state index contributed by atoms with van der Waals surface area (Å²) in [6.07, 6.45) is -2.37. The highest BCUT2D eigenvalue weighted by Crippen LogP contribution is 2.29. The highest BCUT2D eigenvalue weighted by molar-refractivity contribution is 7.98. The van der Waals surface area contributed by atoms with Gasteiger partial charge in [-0.15, -0.1) is 0 Å². The Morgan fingerprint density at radius 2 is 2.04 bits per heavy atom. The first-order valence-electron chi connectivity index (χ1n) is 7.04. The Balaban J connectivity index is 2.71. The van der Waals surface area contributed by atoms with Crippen molar-refractivity contribution in [2.75, 3.05) is 19.1 Å². The number of carboxylic acid groups (broad SMARTS) is 1. The van der Waals surface area contributed by atoms with E-state index in [-0.39, 0.29) is 13.0 Å². The monoisotopic (exact) mass is 364 g/mol. The molecule has 1 aromatic carbocycles. The Labute approximate surface area is 142 Å². The summed E-state index contributed by atoms with van der Waals surface area (Å²) in [5.74, 6) is -0.584. The molecule has 2 amide bonds. The van der Waals surface area contributed by atoms with Gasteiger partial charge in [0.25, 0.3) is 0 Å². The number of nitrogens with zero attached hydrogens (tertiary/aromatic N) is 1. The van der Waals surface area contributed by atoms with E-state index >= 15 is 0 Å². The molecule has 0 heterocycles. The maximum Gasteiger partial charge on any atom is 0.416 e. The van der Waals surface area contributed by atoms with Crippen molar-refractivity contribution in [3.63, 3.8) is 0 Å². The number of hydrogen-bond acceptors (Lipinski definition) is 3. The molecule has 1 unspecified atom stereocenters. The van der Waals surface area contributed by atoms with E-state index in [0.29, 0.717) is 11.3 Å². The number of aliphatic carboxylic acids is 1. The second-order valence-corrected chi connectivity index (χ2v) is 6.16. The van der Waals surface area contributed by atoms with E-state index in [1.165, 1.54) is 30.9 Å². The SMILES string of the molecule is CSCCC(NC(=O)N(C)Cc1cccc(C(F)(F)F)c1)C(=O)O. The van der Waals surface area contributed by atoms with Crippen LogP contribution in [-0.2, 0) is 17.5 Å². The molecule has 0 aliphatic rings. The van der Waals surface area contributed by atoms with Gasteiger partial charge in [-0.25, -0.2) is 9.59 Å². The molecule has 0 aromatic heterocycles. The molecular weight excluding hydrogens is 345 g/mol. The minimum Gasteiger partial charge on any atom is -0.480 e. The van der Waals surface area contributed by atoms with Crippen LogP contribution < -0.4 is 5.32 Å². The molecule has 1 atom stereocenters.